The highest BCUT2D eigenvalue weighted by molar-refractivity contribution is 6.05. The van der Waals surface area contributed by atoms with Crippen LogP contribution < -0.4 is 5.32 Å². The molecule has 0 aliphatic rings. The Labute approximate surface area is 114 Å². The number of carbonyl (C=O) groups is 2. The molecule has 0 aliphatic heterocycles. The normalized spacial score (nSPS) is 10.5. The second kappa shape index (κ2) is 7.36. The van der Waals surface area contributed by atoms with E-state index in [2.05, 4.69) is 5.32 Å². The van der Waals surface area contributed by atoms with Crippen LogP contribution in [0.25, 0.3) is 0 Å². The maximum atomic E-state index is 11.9. The van der Waals surface area contributed by atoms with Crippen molar-refractivity contribution < 1.29 is 9.59 Å². The minimum atomic E-state index is -0.0831. The topological polar surface area (TPSA) is 49.4 Å². The third kappa shape index (κ3) is 5.38. The van der Waals surface area contributed by atoms with Crippen molar-refractivity contribution in [3.63, 3.8) is 0 Å². The first-order chi connectivity index (χ1) is 9.02. The van der Waals surface area contributed by atoms with Crippen molar-refractivity contribution in [1.82, 2.24) is 4.90 Å². The lowest BCUT2D eigenvalue weighted by atomic mass is 10.1. The summed E-state index contributed by atoms with van der Waals surface area (Å²) in [5, 5.41) is 2.78. The van der Waals surface area contributed by atoms with E-state index in [-0.39, 0.29) is 11.7 Å². The number of nitrogens with one attached hydrogen (secondary N) is 1. The van der Waals surface area contributed by atoms with Gasteiger partial charge in [-0.15, -0.1) is 0 Å². The summed E-state index contributed by atoms with van der Waals surface area (Å²) in [6.45, 7) is 1.95. The average molecular weight is 260 g/mol. The number of hydrogen-bond donors (Lipinski definition) is 1. The molecular formula is C15H20N2O2. The number of ketones is 1. The molecule has 1 aromatic rings. The number of rotatable bonds is 6. The predicted molar refractivity (Wildman–Crippen MR) is 77.1 cm³/mol. The standard InChI is InChI=1S/C15H20N2O2/c1-4-6-15(19)16-13-8-5-7-12(11-13)14(18)9-10-17(2)3/h5,7-11H,4,6H2,1-3H3,(H,16,19). The number of carbonyl (C=O) groups excluding carboxylic acids is 2. The number of amides is 1. The number of benzene rings is 1. The summed E-state index contributed by atoms with van der Waals surface area (Å²) < 4.78 is 0. The van der Waals surface area contributed by atoms with E-state index in [1.807, 2.05) is 21.0 Å². The predicted octanol–water partition coefficient (Wildman–Crippen LogP) is 2.68. The maximum Gasteiger partial charge on any atom is 0.224 e. The van der Waals surface area contributed by atoms with Crippen molar-refractivity contribution in [3.8, 4) is 0 Å². The van der Waals surface area contributed by atoms with Crippen LogP contribution in [0.3, 0.4) is 0 Å². The van der Waals surface area contributed by atoms with E-state index in [1.165, 1.54) is 6.08 Å². The van der Waals surface area contributed by atoms with Gasteiger partial charge >= 0.3 is 0 Å². The first-order valence-electron chi connectivity index (χ1n) is 6.31. The number of allylic oxidation sites excluding steroid dienone is 1. The molecule has 0 atom stereocenters. The molecule has 1 N–H and O–H groups in total. The molecule has 19 heavy (non-hydrogen) atoms. The lowest BCUT2D eigenvalue weighted by Crippen LogP contribution is -2.11. The van der Waals surface area contributed by atoms with Gasteiger partial charge < -0.3 is 10.2 Å². The van der Waals surface area contributed by atoms with Crippen LogP contribution in [0.4, 0.5) is 5.69 Å². The van der Waals surface area contributed by atoms with Crippen molar-refractivity contribution in [2.24, 2.45) is 0 Å². The Morgan fingerprint density at radius 2 is 2.05 bits per heavy atom. The van der Waals surface area contributed by atoms with E-state index in [9.17, 15) is 9.59 Å². The quantitative estimate of drug-likeness (QED) is 0.632. The first-order valence-corrected chi connectivity index (χ1v) is 6.31. The SMILES string of the molecule is CCCC(=O)Nc1cccc(C(=O)C=CN(C)C)c1. The Morgan fingerprint density at radius 3 is 2.68 bits per heavy atom. The smallest absolute Gasteiger partial charge is 0.224 e. The summed E-state index contributed by atoms with van der Waals surface area (Å²) in [4.78, 5) is 25.2. The molecule has 0 saturated carbocycles. The second-order valence-corrected chi connectivity index (χ2v) is 4.52. The highest BCUT2D eigenvalue weighted by Gasteiger charge is 2.05. The van der Waals surface area contributed by atoms with Crippen LogP contribution in [0.1, 0.15) is 30.1 Å². The van der Waals surface area contributed by atoms with Gasteiger partial charge in [0.05, 0.1) is 0 Å². The Kier molecular flexibility index (Phi) is 5.79. The summed E-state index contributed by atoms with van der Waals surface area (Å²) in [7, 11) is 3.70. The van der Waals surface area contributed by atoms with Gasteiger partial charge in [-0.2, -0.15) is 0 Å². The van der Waals surface area contributed by atoms with Crippen LogP contribution in [0.5, 0.6) is 0 Å². The zero-order chi connectivity index (χ0) is 14.3. The van der Waals surface area contributed by atoms with Crippen LogP contribution in [0.15, 0.2) is 36.5 Å². The molecule has 1 amide bonds. The molecule has 0 saturated heterocycles. The van der Waals surface area contributed by atoms with Gasteiger partial charge in [0.1, 0.15) is 0 Å². The minimum absolute atomic E-state index is 0.0315. The van der Waals surface area contributed by atoms with E-state index in [4.69, 9.17) is 0 Å². The van der Waals surface area contributed by atoms with Gasteiger partial charge in [-0.3, -0.25) is 9.59 Å². The first kappa shape index (κ1) is 15.0. The minimum Gasteiger partial charge on any atom is -0.383 e. The van der Waals surface area contributed by atoms with Crippen molar-refractivity contribution >= 4 is 17.4 Å². The Balaban J connectivity index is 2.76. The van der Waals surface area contributed by atoms with Gasteiger partial charge in [-0.1, -0.05) is 19.1 Å². The fourth-order valence-corrected chi connectivity index (χ4v) is 1.51. The summed E-state index contributed by atoms with van der Waals surface area (Å²) in [6.07, 6.45) is 4.49. The van der Waals surface area contributed by atoms with Gasteiger partial charge in [0, 0.05) is 44.0 Å². The van der Waals surface area contributed by atoms with E-state index in [0.29, 0.717) is 17.7 Å². The monoisotopic (exact) mass is 260 g/mol. The van der Waals surface area contributed by atoms with Crippen molar-refractivity contribution in [1.29, 1.82) is 0 Å². The van der Waals surface area contributed by atoms with Crippen molar-refractivity contribution in [3.05, 3.63) is 42.1 Å². The summed E-state index contributed by atoms with van der Waals surface area (Å²) in [5.74, 6) is -0.115. The van der Waals surface area contributed by atoms with Gasteiger partial charge in [-0.05, 0) is 18.6 Å². The fraction of sp³-hybridized carbons (Fsp3) is 0.333. The van der Waals surface area contributed by atoms with Gasteiger partial charge in [0.2, 0.25) is 5.91 Å². The number of hydrogen-bond acceptors (Lipinski definition) is 3. The Bertz CT molecular complexity index is 479. The molecule has 4 nitrogen and oxygen atoms in total. The van der Waals surface area contributed by atoms with Crippen LogP contribution in [0.2, 0.25) is 0 Å². The van der Waals surface area contributed by atoms with E-state index >= 15 is 0 Å². The molecule has 0 bridgehead atoms. The largest absolute Gasteiger partial charge is 0.383 e. The van der Waals surface area contributed by atoms with E-state index < -0.39 is 0 Å². The fourth-order valence-electron chi connectivity index (χ4n) is 1.51. The van der Waals surface area contributed by atoms with Crippen LogP contribution in [-0.2, 0) is 4.79 Å². The molecule has 0 fully saturated rings. The van der Waals surface area contributed by atoms with Crippen LogP contribution >= 0.6 is 0 Å². The zero-order valence-corrected chi connectivity index (χ0v) is 11.6. The molecule has 0 unspecified atom stereocenters. The maximum absolute atomic E-state index is 11.9. The molecule has 1 rings (SSSR count). The summed E-state index contributed by atoms with van der Waals surface area (Å²) in [6, 6.07) is 6.96. The lowest BCUT2D eigenvalue weighted by molar-refractivity contribution is -0.116. The molecule has 0 aliphatic carbocycles. The van der Waals surface area contributed by atoms with Crippen molar-refractivity contribution in [2.45, 2.75) is 19.8 Å². The lowest BCUT2D eigenvalue weighted by Gasteiger charge is -2.06. The van der Waals surface area contributed by atoms with Crippen LogP contribution in [0, 0.1) is 0 Å². The molecular weight excluding hydrogens is 240 g/mol. The third-order valence-electron chi connectivity index (χ3n) is 2.43. The number of anilines is 1. The van der Waals surface area contributed by atoms with E-state index in [0.717, 1.165) is 6.42 Å². The summed E-state index contributed by atoms with van der Waals surface area (Å²) >= 11 is 0. The molecule has 0 radical (unpaired) electrons. The second-order valence-electron chi connectivity index (χ2n) is 4.52. The number of nitrogens with zero attached hydrogens (tertiary/aromatic N) is 1. The Hall–Kier alpha value is -2.10. The molecule has 0 spiro atoms. The molecule has 102 valence electrons. The highest BCUT2D eigenvalue weighted by Crippen LogP contribution is 2.12. The molecule has 0 heterocycles. The zero-order valence-electron chi connectivity index (χ0n) is 11.6. The average Bonchev–Trinajstić information content (AvgIpc) is 2.36. The molecule has 0 aromatic heterocycles. The van der Waals surface area contributed by atoms with Crippen molar-refractivity contribution in [2.75, 3.05) is 19.4 Å². The third-order valence-corrected chi connectivity index (χ3v) is 2.43. The van der Waals surface area contributed by atoms with Gasteiger partial charge in [-0.25, -0.2) is 0 Å². The Morgan fingerprint density at radius 1 is 1.32 bits per heavy atom. The van der Waals surface area contributed by atoms with Gasteiger partial charge in [0.15, 0.2) is 5.78 Å². The highest BCUT2D eigenvalue weighted by atomic mass is 16.1. The molecule has 1 aromatic carbocycles. The van der Waals surface area contributed by atoms with E-state index in [1.54, 1.807) is 35.4 Å². The summed E-state index contributed by atoms with van der Waals surface area (Å²) in [5.41, 5.74) is 1.22. The van der Waals surface area contributed by atoms with Crippen LogP contribution in [-0.4, -0.2) is 30.7 Å². The van der Waals surface area contributed by atoms with Gasteiger partial charge in [0.25, 0.3) is 0 Å². The molecule has 4 heteroatoms.